The number of hydrogen-bond acceptors (Lipinski definition) is 4. The minimum absolute atomic E-state index is 0.00219. The van der Waals surface area contributed by atoms with Crippen molar-refractivity contribution in [1.29, 1.82) is 0 Å². The SMILES string of the molecule is Cc1cc(/C=C/c2cc3cnccc3cc2C(=O)Sc2ccccc2)cc(C)c1O. The number of benzene rings is 3. The van der Waals surface area contributed by atoms with Crippen molar-refractivity contribution < 1.29 is 9.90 Å². The first kappa shape index (κ1) is 19.9. The predicted molar refractivity (Wildman–Crippen MR) is 125 cm³/mol. The molecule has 0 spiro atoms. The van der Waals surface area contributed by atoms with Gasteiger partial charge in [-0.05, 0) is 95.7 Å². The molecule has 0 unspecified atom stereocenters. The van der Waals surface area contributed by atoms with E-state index in [-0.39, 0.29) is 5.12 Å². The van der Waals surface area contributed by atoms with Gasteiger partial charge in [-0.15, -0.1) is 0 Å². The third-order valence-corrected chi connectivity index (χ3v) is 5.86. The molecule has 0 saturated carbocycles. The number of phenolic OH excluding ortho intramolecular Hbond substituents is 1. The molecule has 1 heterocycles. The normalized spacial score (nSPS) is 11.3. The molecule has 0 bridgehead atoms. The number of pyridine rings is 1. The topological polar surface area (TPSA) is 50.2 Å². The van der Waals surface area contributed by atoms with Crippen LogP contribution < -0.4 is 0 Å². The smallest absolute Gasteiger partial charge is 0.224 e. The minimum Gasteiger partial charge on any atom is -0.507 e. The fourth-order valence-electron chi connectivity index (χ4n) is 3.39. The van der Waals surface area contributed by atoms with Crippen LogP contribution in [-0.4, -0.2) is 15.2 Å². The molecular formula is C26H21NO2S. The lowest BCUT2D eigenvalue weighted by atomic mass is 10.0. The molecular weight excluding hydrogens is 390 g/mol. The molecule has 30 heavy (non-hydrogen) atoms. The van der Waals surface area contributed by atoms with Crippen molar-refractivity contribution in [3.05, 3.63) is 101 Å². The molecule has 0 amide bonds. The summed E-state index contributed by atoms with van der Waals surface area (Å²) in [6.45, 7) is 3.76. The maximum Gasteiger partial charge on any atom is 0.224 e. The highest BCUT2D eigenvalue weighted by Gasteiger charge is 2.13. The lowest BCUT2D eigenvalue weighted by Crippen LogP contribution is -1.97. The van der Waals surface area contributed by atoms with Crippen molar-refractivity contribution in [1.82, 2.24) is 4.98 Å². The Labute approximate surface area is 180 Å². The number of carbonyl (C=O) groups excluding carboxylic acids is 1. The van der Waals surface area contributed by atoms with E-state index >= 15 is 0 Å². The number of phenols is 1. The van der Waals surface area contributed by atoms with E-state index in [4.69, 9.17) is 0 Å². The Morgan fingerprint density at radius 3 is 2.40 bits per heavy atom. The van der Waals surface area contributed by atoms with Crippen LogP contribution in [0.5, 0.6) is 5.75 Å². The zero-order valence-electron chi connectivity index (χ0n) is 16.8. The Bertz CT molecular complexity index is 1240. The molecule has 0 aliphatic heterocycles. The number of aromatic hydroxyl groups is 1. The molecule has 0 aliphatic rings. The maximum atomic E-state index is 13.1. The van der Waals surface area contributed by atoms with Gasteiger partial charge in [0.15, 0.2) is 0 Å². The fraction of sp³-hybridized carbons (Fsp3) is 0.0769. The second-order valence-electron chi connectivity index (χ2n) is 7.20. The standard InChI is InChI=1S/C26H21NO2S/c1-17-12-19(13-18(2)25(17)28)8-9-21-14-22-16-27-11-10-20(22)15-24(21)26(29)30-23-6-4-3-5-7-23/h3-16,28H,1-2H3/b9-8+. The van der Waals surface area contributed by atoms with Gasteiger partial charge < -0.3 is 5.11 Å². The third kappa shape index (κ3) is 4.29. The first-order chi connectivity index (χ1) is 14.5. The van der Waals surface area contributed by atoms with Crippen molar-refractivity contribution >= 4 is 39.8 Å². The molecule has 0 atom stereocenters. The van der Waals surface area contributed by atoms with Gasteiger partial charge in [-0.2, -0.15) is 0 Å². The Hall–Kier alpha value is -3.37. The van der Waals surface area contributed by atoms with Crippen LogP contribution in [-0.2, 0) is 0 Å². The van der Waals surface area contributed by atoms with Gasteiger partial charge in [0.25, 0.3) is 0 Å². The fourth-order valence-corrected chi connectivity index (χ4v) is 4.18. The highest BCUT2D eigenvalue weighted by molar-refractivity contribution is 8.14. The molecule has 1 N–H and O–H groups in total. The summed E-state index contributed by atoms with van der Waals surface area (Å²) in [7, 11) is 0. The van der Waals surface area contributed by atoms with Crippen molar-refractivity contribution in [3.63, 3.8) is 0 Å². The van der Waals surface area contributed by atoms with E-state index in [9.17, 15) is 9.90 Å². The summed E-state index contributed by atoms with van der Waals surface area (Å²) in [5.41, 5.74) is 4.13. The summed E-state index contributed by atoms with van der Waals surface area (Å²) in [4.78, 5) is 18.2. The maximum absolute atomic E-state index is 13.1. The number of thioether (sulfide) groups is 1. The molecule has 1 aromatic heterocycles. The highest BCUT2D eigenvalue weighted by Crippen LogP contribution is 2.29. The monoisotopic (exact) mass is 411 g/mol. The van der Waals surface area contributed by atoms with E-state index < -0.39 is 0 Å². The largest absolute Gasteiger partial charge is 0.507 e. The van der Waals surface area contributed by atoms with Crippen LogP contribution in [0, 0.1) is 13.8 Å². The minimum atomic E-state index is -0.00219. The van der Waals surface area contributed by atoms with Gasteiger partial charge in [0.2, 0.25) is 5.12 Å². The lowest BCUT2D eigenvalue weighted by Gasteiger charge is -2.09. The molecule has 3 aromatic carbocycles. The number of fused-ring (bicyclic) bond motifs is 1. The van der Waals surface area contributed by atoms with Crippen LogP contribution in [0.4, 0.5) is 0 Å². The average molecular weight is 412 g/mol. The highest BCUT2D eigenvalue weighted by atomic mass is 32.2. The second-order valence-corrected chi connectivity index (χ2v) is 8.25. The molecule has 4 aromatic rings. The van der Waals surface area contributed by atoms with Crippen LogP contribution >= 0.6 is 11.8 Å². The lowest BCUT2D eigenvalue weighted by molar-refractivity contribution is 0.108. The van der Waals surface area contributed by atoms with Crippen molar-refractivity contribution in [3.8, 4) is 5.75 Å². The van der Waals surface area contributed by atoms with E-state index in [1.807, 2.05) is 86.7 Å². The summed E-state index contributed by atoms with van der Waals surface area (Å²) >= 11 is 1.23. The molecule has 148 valence electrons. The van der Waals surface area contributed by atoms with Crippen LogP contribution in [0.3, 0.4) is 0 Å². The van der Waals surface area contributed by atoms with Gasteiger partial charge >= 0.3 is 0 Å². The number of aryl methyl sites for hydroxylation is 2. The van der Waals surface area contributed by atoms with Gasteiger partial charge in [0.05, 0.1) is 0 Å². The Kier molecular flexibility index (Phi) is 5.68. The van der Waals surface area contributed by atoms with Crippen LogP contribution in [0.25, 0.3) is 22.9 Å². The zero-order valence-corrected chi connectivity index (χ0v) is 17.6. The number of nitrogens with zero attached hydrogens (tertiary/aromatic N) is 1. The predicted octanol–water partition coefficient (Wildman–Crippen LogP) is 6.66. The first-order valence-corrected chi connectivity index (χ1v) is 10.5. The number of carbonyl (C=O) groups is 1. The van der Waals surface area contributed by atoms with Crippen molar-refractivity contribution in [2.24, 2.45) is 0 Å². The summed E-state index contributed by atoms with van der Waals surface area (Å²) in [6.07, 6.45) is 7.47. The van der Waals surface area contributed by atoms with Gasteiger partial charge in [0, 0.05) is 28.2 Å². The van der Waals surface area contributed by atoms with Gasteiger partial charge in [0.1, 0.15) is 5.75 Å². The van der Waals surface area contributed by atoms with E-state index in [2.05, 4.69) is 4.98 Å². The molecule has 0 fully saturated rings. The third-order valence-electron chi connectivity index (χ3n) is 4.95. The van der Waals surface area contributed by atoms with Gasteiger partial charge in [-0.3, -0.25) is 9.78 Å². The second kappa shape index (κ2) is 8.56. The molecule has 3 nitrogen and oxygen atoms in total. The van der Waals surface area contributed by atoms with E-state index in [0.29, 0.717) is 11.3 Å². The van der Waals surface area contributed by atoms with Crippen molar-refractivity contribution in [2.45, 2.75) is 18.7 Å². The first-order valence-electron chi connectivity index (χ1n) is 9.64. The molecule has 0 saturated heterocycles. The number of aromatic nitrogens is 1. The molecule has 0 aliphatic carbocycles. The Morgan fingerprint density at radius 2 is 1.67 bits per heavy atom. The van der Waals surface area contributed by atoms with Crippen LogP contribution in [0.1, 0.15) is 32.6 Å². The average Bonchev–Trinajstić information content (AvgIpc) is 2.76. The summed E-state index contributed by atoms with van der Waals surface area (Å²) in [5, 5.41) is 12.0. The molecule has 4 rings (SSSR count). The van der Waals surface area contributed by atoms with Crippen molar-refractivity contribution in [2.75, 3.05) is 0 Å². The summed E-state index contributed by atoms with van der Waals surface area (Å²) in [6, 6.07) is 19.4. The van der Waals surface area contributed by atoms with E-state index in [0.717, 1.165) is 37.9 Å². The van der Waals surface area contributed by atoms with E-state index in [1.165, 1.54) is 11.8 Å². The quantitative estimate of drug-likeness (QED) is 0.301. The summed E-state index contributed by atoms with van der Waals surface area (Å²) in [5.74, 6) is 0.319. The number of rotatable bonds is 4. The Morgan fingerprint density at radius 1 is 0.933 bits per heavy atom. The van der Waals surface area contributed by atoms with Crippen LogP contribution in [0.15, 0.2) is 78.0 Å². The Balaban J connectivity index is 1.75. The molecule has 4 heteroatoms. The number of hydrogen-bond donors (Lipinski definition) is 1. The van der Waals surface area contributed by atoms with Gasteiger partial charge in [-0.25, -0.2) is 0 Å². The van der Waals surface area contributed by atoms with E-state index in [1.54, 1.807) is 12.4 Å². The summed E-state index contributed by atoms with van der Waals surface area (Å²) < 4.78 is 0. The van der Waals surface area contributed by atoms with Crippen LogP contribution in [0.2, 0.25) is 0 Å². The van der Waals surface area contributed by atoms with Gasteiger partial charge in [-0.1, -0.05) is 30.4 Å². The molecule has 0 radical (unpaired) electrons. The zero-order chi connectivity index (χ0) is 21.1.